The van der Waals surface area contributed by atoms with Gasteiger partial charge in [0.2, 0.25) is 0 Å². The lowest BCUT2D eigenvalue weighted by molar-refractivity contribution is 0.281. The minimum absolute atomic E-state index is 0.154. The standard InChI is InChI=1S/C24H26O/c25-20-12-4-11-19-24(21-13-5-1-6-14-21,22-15-7-2-8-16-22)23-17-9-3-10-18-23/h1-3,5-10,13-18,25H,4,11-12,19-20H2. The zero-order valence-electron chi connectivity index (χ0n) is 14.6. The summed E-state index contributed by atoms with van der Waals surface area (Å²) in [5.41, 5.74) is 3.84. The van der Waals surface area contributed by atoms with E-state index in [2.05, 4.69) is 91.0 Å². The number of unbranched alkanes of at least 4 members (excludes halogenated alkanes) is 2. The van der Waals surface area contributed by atoms with Crippen molar-refractivity contribution in [1.82, 2.24) is 0 Å². The number of aliphatic hydroxyl groups excluding tert-OH is 1. The predicted octanol–water partition coefficient (Wildman–Crippen LogP) is 5.57. The molecule has 0 aliphatic rings. The number of hydrogen-bond acceptors (Lipinski definition) is 1. The Balaban J connectivity index is 2.13. The molecule has 3 aromatic rings. The summed E-state index contributed by atoms with van der Waals surface area (Å²) in [6, 6.07) is 32.5. The Kier molecular flexibility index (Phi) is 6.03. The van der Waals surface area contributed by atoms with Crippen LogP contribution in [0.15, 0.2) is 91.0 Å². The summed E-state index contributed by atoms with van der Waals surface area (Å²) in [4.78, 5) is 0. The highest BCUT2D eigenvalue weighted by Gasteiger charge is 2.35. The van der Waals surface area contributed by atoms with Crippen molar-refractivity contribution in [3.8, 4) is 0 Å². The highest BCUT2D eigenvalue weighted by atomic mass is 16.2. The Morgan fingerprint density at radius 1 is 0.520 bits per heavy atom. The lowest BCUT2D eigenvalue weighted by atomic mass is 9.66. The van der Waals surface area contributed by atoms with Crippen molar-refractivity contribution in [2.45, 2.75) is 31.1 Å². The Hall–Kier alpha value is -2.38. The molecular formula is C24H26O. The highest BCUT2D eigenvalue weighted by molar-refractivity contribution is 5.50. The molecule has 0 aromatic heterocycles. The average molecular weight is 330 g/mol. The monoisotopic (exact) mass is 330 g/mol. The van der Waals surface area contributed by atoms with Crippen LogP contribution < -0.4 is 0 Å². The Morgan fingerprint density at radius 3 is 1.28 bits per heavy atom. The minimum atomic E-state index is -0.154. The largest absolute Gasteiger partial charge is 0.396 e. The molecule has 0 amide bonds. The van der Waals surface area contributed by atoms with Gasteiger partial charge in [-0.25, -0.2) is 0 Å². The SMILES string of the molecule is OCCCCCC(c1ccccc1)(c1ccccc1)c1ccccc1. The summed E-state index contributed by atoms with van der Waals surface area (Å²) < 4.78 is 0. The van der Waals surface area contributed by atoms with E-state index in [1.807, 2.05) is 0 Å². The van der Waals surface area contributed by atoms with E-state index in [1.54, 1.807) is 0 Å². The first-order valence-electron chi connectivity index (χ1n) is 9.15. The van der Waals surface area contributed by atoms with Gasteiger partial charge in [-0.3, -0.25) is 0 Å². The van der Waals surface area contributed by atoms with Gasteiger partial charge >= 0.3 is 0 Å². The molecule has 0 bridgehead atoms. The molecule has 0 atom stereocenters. The van der Waals surface area contributed by atoms with Crippen LogP contribution in [0.2, 0.25) is 0 Å². The summed E-state index contributed by atoms with van der Waals surface area (Å²) in [7, 11) is 0. The quantitative estimate of drug-likeness (QED) is 0.422. The average Bonchev–Trinajstić information content (AvgIpc) is 2.70. The van der Waals surface area contributed by atoms with E-state index in [-0.39, 0.29) is 12.0 Å². The summed E-state index contributed by atoms with van der Waals surface area (Å²) >= 11 is 0. The predicted molar refractivity (Wildman–Crippen MR) is 105 cm³/mol. The van der Waals surface area contributed by atoms with E-state index in [9.17, 15) is 0 Å². The van der Waals surface area contributed by atoms with Gasteiger partial charge in [0.25, 0.3) is 0 Å². The molecule has 0 unspecified atom stereocenters. The van der Waals surface area contributed by atoms with Crippen molar-refractivity contribution in [1.29, 1.82) is 0 Å². The summed E-state index contributed by atoms with van der Waals surface area (Å²) in [6.07, 6.45) is 4.03. The number of aliphatic hydroxyl groups is 1. The van der Waals surface area contributed by atoms with Crippen molar-refractivity contribution < 1.29 is 5.11 Å². The maximum Gasteiger partial charge on any atom is 0.0451 e. The van der Waals surface area contributed by atoms with Gasteiger partial charge in [0, 0.05) is 12.0 Å². The first kappa shape index (κ1) is 17.4. The van der Waals surface area contributed by atoms with E-state index < -0.39 is 0 Å². The molecule has 0 saturated heterocycles. The van der Waals surface area contributed by atoms with Gasteiger partial charge in [0.1, 0.15) is 0 Å². The first-order valence-corrected chi connectivity index (χ1v) is 9.15. The summed E-state index contributed by atoms with van der Waals surface area (Å²) in [5, 5.41) is 9.15. The van der Waals surface area contributed by atoms with Crippen LogP contribution in [0, 0.1) is 0 Å². The first-order chi connectivity index (χ1) is 12.4. The Morgan fingerprint density at radius 2 is 0.920 bits per heavy atom. The van der Waals surface area contributed by atoms with Crippen molar-refractivity contribution in [3.63, 3.8) is 0 Å². The molecule has 0 saturated carbocycles. The maximum atomic E-state index is 9.15. The lowest BCUT2D eigenvalue weighted by Gasteiger charge is -2.36. The van der Waals surface area contributed by atoms with Gasteiger partial charge in [-0.1, -0.05) is 104 Å². The Bertz CT molecular complexity index is 638. The smallest absolute Gasteiger partial charge is 0.0451 e. The molecule has 0 spiro atoms. The second kappa shape index (κ2) is 8.64. The number of hydrogen-bond donors (Lipinski definition) is 1. The topological polar surface area (TPSA) is 20.2 Å². The maximum absolute atomic E-state index is 9.15. The molecule has 0 radical (unpaired) electrons. The normalized spacial score (nSPS) is 11.4. The fourth-order valence-electron chi connectivity index (χ4n) is 3.78. The van der Waals surface area contributed by atoms with E-state index in [0.717, 1.165) is 25.7 Å². The van der Waals surface area contributed by atoms with Crippen LogP contribution in [0.3, 0.4) is 0 Å². The molecule has 1 N–H and O–H groups in total. The molecule has 0 fully saturated rings. The Labute approximate surface area is 151 Å². The van der Waals surface area contributed by atoms with Gasteiger partial charge < -0.3 is 5.11 Å². The molecule has 0 aliphatic carbocycles. The van der Waals surface area contributed by atoms with Crippen molar-refractivity contribution in [2.24, 2.45) is 0 Å². The number of benzene rings is 3. The minimum Gasteiger partial charge on any atom is -0.396 e. The van der Waals surface area contributed by atoms with E-state index in [4.69, 9.17) is 5.11 Å². The fraction of sp³-hybridized carbons (Fsp3) is 0.250. The van der Waals surface area contributed by atoms with Crippen molar-refractivity contribution >= 4 is 0 Å². The third-order valence-electron chi connectivity index (χ3n) is 5.01. The van der Waals surface area contributed by atoms with Gasteiger partial charge in [-0.05, 0) is 29.5 Å². The van der Waals surface area contributed by atoms with Crippen molar-refractivity contribution in [3.05, 3.63) is 108 Å². The van der Waals surface area contributed by atoms with Crippen molar-refractivity contribution in [2.75, 3.05) is 6.61 Å². The molecule has 128 valence electrons. The molecule has 3 rings (SSSR count). The van der Waals surface area contributed by atoms with Crippen LogP contribution in [-0.4, -0.2) is 11.7 Å². The molecule has 25 heavy (non-hydrogen) atoms. The summed E-state index contributed by atoms with van der Waals surface area (Å²) in [6.45, 7) is 0.273. The molecular weight excluding hydrogens is 304 g/mol. The van der Waals surface area contributed by atoms with E-state index >= 15 is 0 Å². The van der Waals surface area contributed by atoms with Gasteiger partial charge in [0.05, 0.1) is 0 Å². The number of rotatable bonds is 8. The van der Waals surface area contributed by atoms with E-state index in [0.29, 0.717) is 0 Å². The zero-order chi connectivity index (χ0) is 17.4. The van der Waals surface area contributed by atoms with Gasteiger partial charge in [-0.2, -0.15) is 0 Å². The third kappa shape index (κ3) is 3.83. The second-order valence-corrected chi connectivity index (χ2v) is 6.54. The second-order valence-electron chi connectivity index (χ2n) is 6.54. The lowest BCUT2D eigenvalue weighted by Crippen LogP contribution is -2.29. The zero-order valence-corrected chi connectivity index (χ0v) is 14.6. The van der Waals surface area contributed by atoms with Crippen LogP contribution in [0.4, 0.5) is 0 Å². The third-order valence-corrected chi connectivity index (χ3v) is 5.01. The van der Waals surface area contributed by atoms with Gasteiger partial charge in [0.15, 0.2) is 0 Å². The van der Waals surface area contributed by atoms with Crippen LogP contribution in [0.5, 0.6) is 0 Å². The molecule has 1 nitrogen and oxygen atoms in total. The van der Waals surface area contributed by atoms with Crippen LogP contribution in [-0.2, 0) is 5.41 Å². The molecule has 1 heteroatoms. The molecule has 0 aliphatic heterocycles. The summed E-state index contributed by atoms with van der Waals surface area (Å²) in [5.74, 6) is 0. The van der Waals surface area contributed by atoms with Gasteiger partial charge in [-0.15, -0.1) is 0 Å². The fourth-order valence-corrected chi connectivity index (χ4v) is 3.78. The van der Waals surface area contributed by atoms with Crippen LogP contribution in [0.25, 0.3) is 0 Å². The van der Waals surface area contributed by atoms with Crippen LogP contribution in [0.1, 0.15) is 42.4 Å². The molecule has 0 heterocycles. The van der Waals surface area contributed by atoms with E-state index in [1.165, 1.54) is 16.7 Å². The van der Waals surface area contributed by atoms with Crippen LogP contribution >= 0.6 is 0 Å². The molecule has 3 aromatic carbocycles. The highest BCUT2D eigenvalue weighted by Crippen LogP contribution is 2.43.